The molecule has 1 rings (SSSR count). The number of ether oxygens (including phenoxy) is 1. The van der Waals surface area contributed by atoms with Crippen molar-refractivity contribution < 1.29 is 9.53 Å². The van der Waals surface area contributed by atoms with Crippen molar-refractivity contribution in [1.29, 1.82) is 5.26 Å². The molecule has 15 heavy (non-hydrogen) atoms. The molecule has 0 heterocycles. The van der Waals surface area contributed by atoms with E-state index in [2.05, 4.69) is 0 Å². The topological polar surface area (TPSA) is 50.1 Å². The summed E-state index contributed by atoms with van der Waals surface area (Å²) in [6.07, 6.45) is 0. The summed E-state index contributed by atoms with van der Waals surface area (Å²) >= 11 is 0. The Hall–Kier alpha value is -1.82. The van der Waals surface area contributed by atoms with Crippen LogP contribution in [0.4, 0.5) is 0 Å². The third-order valence-electron chi connectivity index (χ3n) is 2.18. The van der Waals surface area contributed by atoms with Gasteiger partial charge in [-0.15, -0.1) is 0 Å². The van der Waals surface area contributed by atoms with E-state index in [0.717, 1.165) is 5.56 Å². The van der Waals surface area contributed by atoms with E-state index in [9.17, 15) is 4.79 Å². The second-order valence-corrected chi connectivity index (χ2v) is 3.21. The van der Waals surface area contributed by atoms with Gasteiger partial charge in [0.1, 0.15) is 0 Å². The first kappa shape index (κ1) is 11.3. The zero-order chi connectivity index (χ0) is 11.3. The Balaban J connectivity index is 2.79. The predicted octanol–water partition coefficient (Wildman–Crippen LogP) is 2.22. The molecular formula is C12H13NO2. The standard InChI is InChI=1S/C12H13NO2/c1-3-15-12(14)9(2)11-6-4-10(8-13)5-7-11/h4-7,9H,3H2,1-2H3. The monoisotopic (exact) mass is 203 g/mol. The highest BCUT2D eigenvalue weighted by Crippen LogP contribution is 2.17. The minimum absolute atomic E-state index is 0.234. The van der Waals surface area contributed by atoms with E-state index >= 15 is 0 Å². The molecule has 0 aromatic heterocycles. The van der Waals surface area contributed by atoms with E-state index in [1.165, 1.54) is 0 Å². The summed E-state index contributed by atoms with van der Waals surface area (Å²) in [4.78, 5) is 11.4. The molecule has 1 unspecified atom stereocenters. The Morgan fingerprint density at radius 3 is 2.53 bits per heavy atom. The summed E-state index contributed by atoms with van der Waals surface area (Å²) < 4.78 is 4.91. The maximum absolute atomic E-state index is 11.4. The zero-order valence-electron chi connectivity index (χ0n) is 8.86. The van der Waals surface area contributed by atoms with Crippen molar-refractivity contribution in [1.82, 2.24) is 0 Å². The Bertz CT molecular complexity index is 376. The van der Waals surface area contributed by atoms with Gasteiger partial charge in [-0.05, 0) is 31.5 Å². The number of rotatable bonds is 3. The Morgan fingerprint density at radius 2 is 2.07 bits per heavy atom. The molecule has 0 fully saturated rings. The fourth-order valence-electron chi connectivity index (χ4n) is 1.25. The molecule has 3 nitrogen and oxygen atoms in total. The van der Waals surface area contributed by atoms with Gasteiger partial charge < -0.3 is 4.74 Å². The van der Waals surface area contributed by atoms with Gasteiger partial charge >= 0.3 is 5.97 Å². The van der Waals surface area contributed by atoms with Gasteiger partial charge in [-0.1, -0.05) is 12.1 Å². The fraction of sp³-hybridized carbons (Fsp3) is 0.333. The van der Waals surface area contributed by atoms with Crippen LogP contribution < -0.4 is 0 Å². The second-order valence-electron chi connectivity index (χ2n) is 3.21. The lowest BCUT2D eigenvalue weighted by atomic mass is 10.0. The predicted molar refractivity (Wildman–Crippen MR) is 56.2 cm³/mol. The van der Waals surface area contributed by atoms with Crippen LogP contribution in [0.25, 0.3) is 0 Å². The highest BCUT2D eigenvalue weighted by molar-refractivity contribution is 5.77. The lowest BCUT2D eigenvalue weighted by Crippen LogP contribution is -2.12. The summed E-state index contributed by atoms with van der Waals surface area (Å²) in [6, 6.07) is 8.99. The van der Waals surface area contributed by atoms with Gasteiger partial charge in [0.05, 0.1) is 24.2 Å². The van der Waals surface area contributed by atoms with Crippen LogP contribution in [0.1, 0.15) is 30.9 Å². The SMILES string of the molecule is CCOC(=O)C(C)c1ccc(C#N)cc1. The van der Waals surface area contributed by atoms with Crippen LogP contribution >= 0.6 is 0 Å². The molecule has 0 spiro atoms. The maximum Gasteiger partial charge on any atom is 0.313 e. The average molecular weight is 203 g/mol. The molecule has 0 bridgehead atoms. The molecule has 78 valence electrons. The van der Waals surface area contributed by atoms with E-state index in [1.54, 1.807) is 38.1 Å². The van der Waals surface area contributed by atoms with E-state index in [1.807, 2.05) is 6.07 Å². The van der Waals surface area contributed by atoms with Gasteiger partial charge in [0.2, 0.25) is 0 Å². The normalized spacial score (nSPS) is 11.5. The minimum atomic E-state index is -0.280. The summed E-state index contributed by atoms with van der Waals surface area (Å²) in [5.41, 5.74) is 1.46. The van der Waals surface area contributed by atoms with Crippen LogP contribution in [0.15, 0.2) is 24.3 Å². The van der Waals surface area contributed by atoms with E-state index < -0.39 is 0 Å². The number of hydrogen-bond donors (Lipinski definition) is 0. The molecule has 0 aliphatic rings. The number of nitriles is 1. The van der Waals surface area contributed by atoms with Gasteiger partial charge in [0, 0.05) is 0 Å². The highest BCUT2D eigenvalue weighted by Gasteiger charge is 2.15. The van der Waals surface area contributed by atoms with Crippen molar-refractivity contribution >= 4 is 5.97 Å². The largest absolute Gasteiger partial charge is 0.466 e. The number of hydrogen-bond acceptors (Lipinski definition) is 3. The van der Waals surface area contributed by atoms with E-state index in [4.69, 9.17) is 10.00 Å². The number of carbonyl (C=O) groups excluding carboxylic acids is 1. The van der Waals surface area contributed by atoms with Crippen LogP contribution in [0.3, 0.4) is 0 Å². The van der Waals surface area contributed by atoms with Crippen molar-refractivity contribution in [3.8, 4) is 6.07 Å². The van der Waals surface area contributed by atoms with Crippen molar-refractivity contribution in [2.45, 2.75) is 19.8 Å². The molecule has 0 amide bonds. The van der Waals surface area contributed by atoms with E-state index in [-0.39, 0.29) is 11.9 Å². The Labute approximate surface area is 89.3 Å². The van der Waals surface area contributed by atoms with Gasteiger partial charge in [-0.3, -0.25) is 4.79 Å². The third kappa shape index (κ3) is 2.81. The molecule has 1 aromatic rings. The molecule has 3 heteroatoms. The van der Waals surface area contributed by atoms with Crippen LogP contribution in [0.2, 0.25) is 0 Å². The van der Waals surface area contributed by atoms with Crippen molar-refractivity contribution in [3.05, 3.63) is 35.4 Å². The van der Waals surface area contributed by atoms with E-state index in [0.29, 0.717) is 12.2 Å². The minimum Gasteiger partial charge on any atom is -0.466 e. The summed E-state index contributed by atoms with van der Waals surface area (Å²) in [7, 11) is 0. The molecule has 1 aromatic carbocycles. The first-order valence-electron chi connectivity index (χ1n) is 4.85. The smallest absolute Gasteiger partial charge is 0.313 e. The summed E-state index contributed by atoms with van der Waals surface area (Å²) in [5, 5.41) is 8.62. The van der Waals surface area contributed by atoms with Crippen LogP contribution in [-0.4, -0.2) is 12.6 Å². The molecule has 0 saturated carbocycles. The molecule has 0 aliphatic carbocycles. The van der Waals surface area contributed by atoms with Gasteiger partial charge in [-0.2, -0.15) is 5.26 Å². The number of carbonyl (C=O) groups is 1. The second kappa shape index (κ2) is 5.16. The Morgan fingerprint density at radius 1 is 1.47 bits per heavy atom. The van der Waals surface area contributed by atoms with Crippen LogP contribution in [0, 0.1) is 11.3 Å². The van der Waals surface area contributed by atoms with Gasteiger partial charge in [0.15, 0.2) is 0 Å². The van der Waals surface area contributed by atoms with Gasteiger partial charge in [-0.25, -0.2) is 0 Å². The maximum atomic E-state index is 11.4. The quantitative estimate of drug-likeness (QED) is 0.708. The Kier molecular flexibility index (Phi) is 3.87. The lowest BCUT2D eigenvalue weighted by molar-refractivity contribution is -0.144. The van der Waals surface area contributed by atoms with Gasteiger partial charge in [0.25, 0.3) is 0 Å². The number of esters is 1. The fourth-order valence-corrected chi connectivity index (χ4v) is 1.25. The first-order valence-corrected chi connectivity index (χ1v) is 4.85. The van der Waals surface area contributed by atoms with Crippen molar-refractivity contribution in [3.63, 3.8) is 0 Å². The average Bonchev–Trinajstić information content (AvgIpc) is 2.28. The zero-order valence-corrected chi connectivity index (χ0v) is 8.86. The molecule has 0 saturated heterocycles. The van der Waals surface area contributed by atoms with Crippen molar-refractivity contribution in [2.75, 3.05) is 6.61 Å². The summed E-state index contributed by atoms with van der Waals surface area (Å²) in [6.45, 7) is 3.96. The molecule has 0 N–H and O–H groups in total. The molecule has 0 radical (unpaired) electrons. The molecule has 1 atom stereocenters. The first-order chi connectivity index (χ1) is 7.19. The van der Waals surface area contributed by atoms with Crippen LogP contribution in [-0.2, 0) is 9.53 Å². The summed E-state index contributed by atoms with van der Waals surface area (Å²) in [5.74, 6) is -0.514. The molecule has 0 aliphatic heterocycles. The molecular weight excluding hydrogens is 190 g/mol. The number of nitrogens with zero attached hydrogens (tertiary/aromatic N) is 1. The third-order valence-corrected chi connectivity index (χ3v) is 2.18. The highest BCUT2D eigenvalue weighted by atomic mass is 16.5. The van der Waals surface area contributed by atoms with Crippen LogP contribution in [0.5, 0.6) is 0 Å². The lowest BCUT2D eigenvalue weighted by Gasteiger charge is -2.10. The van der Waals surface area contributed by atoms with Crippen molar-refractivity contribution in [2.24, 2.45) is 0 Å². The number of benzene rings is 1.